The van der Waals surface area contributed by atoms with E-state index in [4.69, 9.17) is 14.9 Å². The summed E-state index contributed by atoms with van der Waals surface area (Å²) in [5, 5.41) is 4.45. The largest absolute Gasteiger partial charge is 0.497 e. The summed E-state index contributed by atoms with van der Waals surface area (Å²) in [6, 6.07) is 22.2. The molecule has 3 aromatic heterocycles. The van der Waals surface area contributed by atoms with Crippen LogP contribution in [0.1, 0.15) is 5.56 Å². The third-order valence-corrected chi connectivity index (χ3v) is 6.59. The van der Waals surface area contributed by atoms with E-state index in [0.717, 1.165) is 49.7 Å². The molecule has 0 amide bonds. The lowest BCUT2D eigenvalue weighted by Crippen LogP contribution is -2.46. The molecule has 9 nitrogen and oxygen atoms in total. The van der Waals surface area contributed by atoms with Crippen molar-refractivity contribution >= 4 is 17.3 Å². The van der Waals surface area contributed by atoms with Gasteiger partial charge in [-0.2, -0.15) is 4.52 Å². The van der Waals surface area contributed by atoms with Gasteiger partial charge in [0.05, 0.1) is 19.1 Å². The van der Waals surface area contributed by atoms with Crippen LogP contribution in [0, 0.1) is 0 Å². The molecule has 5 aromatic rings. The van der Waals surface area contributed by atoms with E-state index in [1.165, 1.54) is 11.3 Å². The lowest BCUT2D eigenvalue weighted by molar-refractivity contribution is 0.250. The first-order valence-electron chi connectivity index (χ1n) is 11.9. The SMILES string of the molecule is COc1ccc(N2CCN(Cc3ccccc3-c3cc4nc(-c5ccco5)nn4c(N)n3)CC2)cc1. The van der Waals surface area contributed by atoms with Crippen LogP contribution in [0.15, 0.2) is 77.4 Å². The van der Waals surface area contributed by atoms with Crippen molar-refractivity contribution in [3.63, 3.8) is 0 Å². The zero-order chi connectivity index (χ0) is 24.5. The number of aromatic nitrogens is 4. The molecule has 4 heterocycles. The quantitative estimate of drug-likeness (QED) is 0.389. The predicted octanol–water partition coefficient (Wildman–Crippen LogP) is 3.96. The van der Waals surface area contributed by atoms with Crippen LogP contribution in [-0.2, 0) is 6.54 Å². The highest BCUT2D eigenvalue weighted by molar-refractivity contribution is 5.69. The monoisotopic (exact) mass is 481 g/mol. The number of piperazine rings is 1. The van der Waals surface area contributed by atoms with Gasteiger partial charge < -0.3 is 19.8 Å². The molecule has 9 heteroatoms. The molecule has 0 spiro atoms. The molecule has 2 aromatic carbocycles. The van der Waals surface area contributed by atoms with Crippen molar-refractivity contribution in [2.75, 3.05) is 43.9 Å². The van der Waals surface area contributed by atoms with Gasteiger partial charge in [-0.3, -0.25) is 4.90 Å². The predicted molar refractivity (Wildman–Crippen MR) is 139 cm³/mol. The number of anilines is 2. The molecule has 36 heavy (non-hydrogen) atoms. The molecule has 0 unspecified atom stereocenters. The Bertz CT molecular complexity index is 1470. The van der Waals surface area contributed by atoms with Crippen molar-refractivity contribution < 1.29 is 9.15 Å². The number of nitrogen functional groups attached to an aromatic ring is 1. The van der Waals surface area contributed by atoms with Gasteiger partial charge in [-0.1, -0.05) is 24.3 Å². The molecule has 0 atom stereocenters. The summed E-state index contributed by atoms with van der Waals surface area (Å²) in [6.45, 7) is 4.74. The van der Waals surface area contributed by atoms with Gasteiger partial charge in [0.1, 0.15) is 5.75 Å². The van der Waals surface area contributed by atoms with Gasteiger partial charge in [0.2, 0.25) is 11.8 Å². The van der Waals surface area contributed by atoms with Crippen molar-refractivity contribution in [1.29, 1.82) is 0 Å². The maximum atomic E-state index is 6.28. The molecule has 6 rings (SSSR count). The Morgan fingerprint density at radius 1 is 0.944 bits per heavy atom. The van der Waals surface area contributed by atoms with E-state index in [1.54, 1.807) is 24.0 Å². The fraction of sp³-hybridized carbons (Fsp3) is 0.222. The molecule has 1 fully saturated rings. The fourth-order valence-electron chi connectivity index (χ4n) is 4.67. The molecule has 0 saturated carbocycles. The molecule has 182 valence electrons. The molecule has 2 N–H and O–H groups in total. The first-order chi connectivity index (χ1) is 17.7. The van der Waals surface area contributed by atoms with Gasteiger partial charge in [-0.25, -0.2) is 9.97 Å². The lowest BCUT2D eigenvalue weighted by atomic mass is 10.0. The first kappa shape index (κ1) is 22.1. The van der Waals surface area contributed by atoms with Crippen molar-refractivity contribution in [1.82, 2.24) is 24.5 Å². The lowest BCUT2D eigenvalue weighted by Gasteiger charge is -2.36. The van der Waals surface area contributed by atoms with Crippen LogP contribution >= 0.6 is 0 Å². The number of benzene rings is 2. The smallest absolute Gasteiger partial charge is 0.223 e. The van der Waals surface area contributed by atoms with E-state index < -0.39 is 0 Å². The van der Waals surface area contributed by atoms with Gasteiger partial charge in [-0.15, -0.1) is 5.10 Å². The van der Waals surface area contributed by atoms with Crippen molar-refractivity contribution in [2.45, 2.75) is 6.54 Å². The van der Waals surface area contributed by atoms with Gasteiger partial charge >= 0.3 is 0 Å². The number of fused-ring (bicyclic) bond motifs is 1. The Balaban J connectivity index is 1.21. The average molecular weight is 482 g/mol. The minimum absolute atomic E-state index is 0.288. The second-order valence-corrected chi connectivity index (χ2v) is 8.80. The summed E-state index contributed by atoms with van der Waals surface area (Å²) in [4.78, 5) is 14.2. The van der Waals surface area contributed by atoms with Gasteiger partial charge in [0, 0.05) is 50.0 Å². The second-order valence-electron chi connectivity index (χ2n) is 8.80. The highest BCUT2D eigenvalue weighted by Gasteiger charge is 2.20. The van der Waals surface area contributed by atoms with Crippen molar-refractivity contribution in [3.05, 3.63) is 78.6 Å². The number of nitrogens with zero attached hydrogens (tertiary/aromatic N) is 6. The summed E-state index contributed by atoms with van der Waals surface area (Å²) in [6.07, 6.45) is 1.60. The third kappa shape index (κ3) is 4.25. The first-order valence-corrected chi connectivity index (χ1v) is 11.9. The van der Waals surface area contributed by atoms with E-state index in [2.05, 4.69) is 55.2 Å². The van der Waals surface area contributed by atoms with Gasteiger partial charge in [0.25, 0.3) is 0 Å². The zero-order valence-corrected chi connectivity index (χ0v) is 20.0. The van der Waals surface area contributed by atoms with Crippen LogP contribution in [0.3, 0.4) is 0 Å². The highest BCUT2D eigenvalue weighted by Crippen LogP contribution is 2.27. The Labute approximate surface area is 208 Å². The minimum Gasteiger partial charge on any atom is -0.497 e. The minimum atomic E-state index is 0.288. The summed E-state index contributed by atoms with van der Waals surface area (Å²) >= 11 is 0. The van der Waals surface area contributed by atoms with Crippen molar-refractivity contribution in [3.8, 4) is 28.6 Å². The van der Waals surface area contributed by atoms with Crippen LogP contribution in [0.25, 0.3) is 28.5 Å². The Kier molecular flexibility index (Phi) is 5.74. The summed E-state index contributed by atoms with van der Waals surface area (Å²) in [7, 11) is 1.69. The summed E-state index contributed by atoms with van der Waals surface area (Å²) < 4.78 is 12.3. The maximum absolute atomic E-state index is 6.28. The maximum Gasteiger partial charge on any atom is 0.223 e. The van der Waals surface area contributed by atoms with E-state index >= 15 is 0 Å². The molecular weight excluding hydrogens is 454 g/mol. The molecule has 0 aliphatic carbocycles. The summed E-state index contributed by atoms with van der Waals surface area (Å²) in [5.41, 5.74) is 11.2. The van der Waals surface area contributed by atoms with Crippen LogP contribution in [-0.4, -0.2) is 57.8 Å². The molecule has 0 bridgehead atoms. The Morgan fingerprint density at radius 3 is 2.50 bits per heavy atom. The van der Waals surface area contributed by atoms with Gasteiger partial charge in [-0.05, 0) is 42.0 Å². The number of hydrogen-bond donors (Lipinski definition) is 1. The molecule has 0 radical (unpaired) electrons. The van der Waals surface area contributed by atoms with E-state index in [0.29, 0.717) is 17.2 Å². The third-order valence-electron chi connectivity index (χ3n) is 6.59. The topological polar surface area (TPSA) is 98.0 Å². The number of methoxy groups -OCH3 is 1. The Hall–Kier alpha value is -4.37. The standard InChI is InChI=1S/C27H27N7O2/c1-35-21-10-8-20(9-11-21)33-14-12-32(13-15-33)18-19-5-2-3-6-22(19)23-17-25-30-26(24-7-4-16-36-24)31-34(25)27(28)29-23/h2-11,16-17H,12-15,18H2,1H3,(H2,28,29). The van der Waals surface area contributed by atoms with Crippen LogP contribution < -0.4 is 15.4 Å². The average Bonchev–Trinajstić information content (AvgIpc) is 3.60. The number of hydrogen-bond acceptors (Lipinski definition) is 8. The van der Waals surface area contributed by atoms with Gasteiger partial charge in [0.15, 0.2) is 11.4 Å². The number of rotatable bonds is 6. The fourth-order valence-corrected chi connectivity index (χ4v) is 4.67. The molecule has 1 aliphatic heterocycles. The highest BCUT2D eigenvalue weighted by atomic mass is 16.5. The Morgan fingerprint density at radius 2 is 1.75 bits per heavy atom. The summed E-state index contributed by atoms with van der Waals surface area (Å²) in [5.74, 6) is 2.24. The van der Waals surface area contributed by atoms with Crippen LogP contribution in [0.4, 0.5) is 11.6 Å². The number of nitrogens with two attached hydrogens (primary N) is 1. The van der Waals surface area contributed by atoms with E-state index in [-0.39, 0.29) is 5.95 Å². The van der Waals surface area contributed by atoms with Crippen molar-refractivity contribution in [2.24, 2.45) is 0 Å². The van der Waals surface area contributed by atoms with E-state index in [9.17, 15) is 0 Å². The van der Waals surface area contributed by atoms with Crippen LogP contribution in [0.5, 0.6) is 5.75 Å². The zero-order valence-electron chi connectivity index (χ0n) is 20.0. The molecular formula is C27H27N7O2. The second kappa shape index (κ2) is 9.35. The normalized spacial score (nSPS) is 14.4. The number of ether oxygens (including phenoxy) is 1. The molecule has 1 aliphatic rings. The van der Waals surface area contributed by atoms with E-state index in [1.807, 2.05) is 30.3 Å². The number of furan rings is 1. The van der Waals surface area contributed by atoms with Crippen LogP contribution in [0.2, 0.25) is 0 Å². The molecule has 1 saturated heterocycles.